The van der Waals surface area contributed by atoms with Crippen LogP contribution < -0.4 is 10.1 Å². The van der Waals surface area contributed by atoms with Gasteiger partial charge in [0.1, 0.15) is 11.5 Å². The fraction of sp³-hybridized carbons (Fsp3) is 0.444. The average molecular weight is 496 g/mol. The highest BCUT2D eigenvalue weighted by atomic mass is 16.5. The number of hydrogen-bond donors (Lipinski definition) is 2. The molecule has 0 saturated carbocycles. The number of likely N-dealkylation sites (tertiary alicyclic amines) is 1. The molecule has 0 aromatic heterocycles. The number of carbonyl (C=O) groups excluding carboxylic acids is 3. The molecule has 2 aliphatic rings. The summed E-state index contributed by atoms with van der Waals surface area (Å²) >= 11 is 0. The molecular weight excluding hydrogens is 462 g/mol. The molecule has 36 heavy (non-hydrogen) atoms. The molecule has 192 valence electrons. The van der Waals surface area contributed by atoms with Crippen molar-refractivity contribution in [3.05, 3.63) is 59.7 Å². The molecule has 2 aliphatic heterocycles. The largest absolute Gasteiger partial charge is 0.457 e. The van der Waals surface area contributed by atoms with Crippen molar-refractivity contribution in [2.24, 2.45) is 0 Å². The third-order valence-corrected chi connectivity index (χ3v) is 6.50. The first-order valence-corrected chi connectivity index (χ1v) is 12.3. The summed E-state index contributed by atoms with van der Waals surface area (Å²) in [5.74, 6) is 0.761. The van der Waals surface area contributed by atoms with Gasteiger partial charge in [0.05, 0.1) is 31.9 Å². The Morgan fingerprint density at radius 2 is 1.81 bits per heavy atom. The smallest absolute Gasteiger partial charge is 0.239 e. The van der Waals surface area contributed by atoms with Crippen molar-refractivity contribution >= 4 is 17.7 Å². The summed E-state index contributed by atoms with van der Waals surface area (Å²) in [6.45, 7) is 0.773. The van der Waals surface area contributed by atoms with Gasteiger partial charge in [-0.1, -0.05) is 24.3 Å². The fourth-order valence-electron chi connectivity index (χ4n) is 4.55. The average Bonchev–Trinajstić information content (AvgIpc) is 2.86. The number of aliphatic hydroxyl groups excluding tert-OH is 1. The Balaban J connectivity index is 1.56. The van der Waals surface area contributed by atoms with Crippen LogP contribution in [0.2, 0.25) is 0 Å². The van der Waals surface area contributed by atoms with Crippen LogP contribution in [0.1, 0.15) is 30.4 Å². The third-order valence-electron chi connectivity index (χ3n) is 6.50. The molecule has 1 saturated heterocycles. The molecule has 0 spiro atoms. The number of likely N-dealkylation sites (N-methyl/N-ethyl adjacent to an activating group) is 1. The zero-order chi connectivity index (χ0) is 25.5. The van der Waals surface area contributed by atoms with Crippen LogP contribution in [0.4, 0.5) is 0 Å². The molecule has 0 aliphatic carbocycles. The number of aryl methyl sites for hydroxylation is 1. The maximum atomic E-state index is 12.9. The van der Waals surface area contributed by atoms with Crippen LogP contribution in [-0.4, -0.2) is 78.1 Å². The first-order valence-electron chi connectivity index (χ1n) is 12.3. The molecule has 1 fully saturated rings. The summed E-state index contributed by atoms with van der Waals surface area (Å²) in [4.78, 5) is 41.0. The van der Waals surface area contributed by atoms with E-state index in [0.717, 1.165) is 11.1 Å². The van der Waals surface area contributed by atoms with E-state index >= 15 is 0 Å². The minimum Gasteiger partial charge on any atom is -0.457 e. The van der Waals surface area contributed by atoms with E-state index in [4.69, 9.17) is 14.6 Å². The quantitative estimate of drug-likeness (QED) is 0.659. The number of aliphatic hydroxyl groups is 1. The van der Waals surface area contributed by atoms with Gasteiger partial charge in [-0.3, -0.25) is 14.4 Å². The number of nitrogens with zero attached hydrogens (tertiary/aromatic N) is 2. The molecule has 2 aromatic carbocycles. The van der Waals surface area contributed by atoms with E-state index in [9.17, 15) is 14.4 Å². The normalized spacial score (nSPS) is 21.5. The number of hydrogen-bond acceptors (Lipinski definition) is 6. The molecule has 9 nitrogen and oxygen atoms in total. The number of nitrogens with one attached hydrogen (secondary N) is 1. The number of piperidine rings is 1. The van der Waals surface area contributed by atoms with Gasteiger partial charge in [0.25, 0.3) is 0 Å². The Hall–Kier alpha value is -3.43. The van der Waals surface area contributed by atoms with Gasteiger partial charge in [0.15, 0.2) is 0 Å². The van der Waals surface area contributed by atoms with Crippen LogP contribution in [0.3, 0.4) is 0 Å². The molecule has 2 heterocycles. The van der Waals surface area contributed by atoms with Crippen molar-refractivity contribution in [1.82, 2.24) is 15.1 Å². The topological polar surface area (TPSA) is 108 Å². The van der Waals surface area contributed by atoms with Crippen molar-refractivity contribution in [2.75, 3.05) is 33.3 Å². The van der Waals surface area contributed by atoms with Crippen molar-refractivity contribution in [3.63, 3.8) is 0 Å². The number of fused-ring (bicyclic) bond motifs is 5. The highest BCUT2D eigenvalue weighted by Gasteiger charge is 2.33. The highest BCUT2D eigenvalue weighted by Crippen LogP contribution is 2.25. The van der Waals surface area contributed by atoms with Gasteiger partial charge in [-0.2, -0.15) is 0 Å². The van der Waals surface area contributed by atoms with Gasteiger partial charge in [-0.05, 0) is 48.2 Å². The Bertz CT molecular complexity index is 1090. The van der Waals surface area contributed by atoms with Crippen molar-refractivity contribution in [2.45, 2.75) is 44.4 Å². The van der Waals surface area contributed by atoms with E-state index in [0.29, 0.717) is 37.5 Å². The van der Waals surface area contributed by atoms with Crippen molar-refractivity contribution in [1.29, 1.82) is 0 Å². The van der Waals surface area contributed by atoms with Crippen molar-refractivity contribution < 1.29 is 29.0 Å². The molecule has 4 rings (SSSR count). The number of carbonyl (C=O) groups is 3. The van der Waals surface area contributed by atoms with Gasteiger partial charge in [0.2, 0.25) is 17.7 Å². The molecule has 2 aromatic rings. The minimum absolute atomic E-state index is 0.0400. The Morgan fingerprint density at radius 3 is 2.56 bits per heavy atom. The fourth-order valence-corrected chi connectivity index (χ4v) is 4.55. The number of amides is 3. The first kappa shape index (κ1) is 25.7. The van der Waals surface area contributed by atoms with Gasteiger partial charge >= 0.3 is 0 Å². The summed E-state index contributed by atoms with van der Waals surface area (Å²) in [6, 6.07) is 14.9. The molecule has 9 heteroatoms. The van der Waals surface area contributed by atoms with Crippen LogP contribution in [0.5, 0.6) is 11.5 Å². The Labute approximate surface area is 211 Å². The number of rotatable bonds is 2. The van der Waals surface area contributed by atoms with E-state index in [1.54, 1.807) is 11.9 Å². The lowest BCUT2D eigenvalue weighted by atomic mass is 10.0. The second-order valence-electron chi connectivity index (χ2n) is 9.27. The van der Waals surface area contributed by atoms with E-state index in [-0.39, 0.29) is 56.4 Å². The summed E-state index contributed by atoms with van der Waals surface area (Å²) in [5, 5.41) is 12.1. The van der Waals surface area contributed by atoms with Crippen LogP contribution in [0.15, 0.2) is 48.5 Å². The minimum atomic E-state index is -0.435. The van der Waals surface area contributed by atoms with Gasteiger partial charge < -0.3 is 29.7 Å². The van der Waals surface area contributed by atoms with E-state index < -0.39 is 6.04 Å². The lowest BCUT2D eigenvalue weighted by Gasteiger charge is -2.39. The van der Waals surface area contributed by atoms with Crippen molar-refractivity contribution in [3.8, 4) is 11.5 Å². The lowest BCUT2D eigenvalue weighted by molar-refractivity contribution is -0.139. The molecule has 0 unspecified atom stereocenters. The van der Waals surface area contributed by atoms with Crippen LogP contribution in [0.25, 0.3) is 0 Å². The molecule has 0 radical (unpaired) electrons. The lowest BCUT2D eigenvalue weighted by Crippen LogP contribution is -2.58. The molecular formula is C27H33N3O6. The molecule has 2 atom stereocenters. The van der Waals surface area contributed by atoms with E-state index in [1.807, 2.05) is 48.5 Å². The zero-order valence-electron chi connectivity index (χ0n) is 20.5. The van der Waals surface area contributed by atoms with Crippen LogP contribution >= 0.6 is 0 Å². The summed E-state index contributed by atoms with van der Waals surface area (Å²) in [5.41, 5.74) is 1.90. The SMILES string of the molecule is CN1CC(=O)N[C@H]2CN(C(=O)CCO)CC[C@H]2OCc2cccc(c2)Oc2cccc(c2)CCC1=O. The van der Waals surface area contributed by atoms with Gasteiger partial charge in [-0.25, -0.2) is 0 Å². The second-order valence-corrected chi connectivity index (χ2v) is 9.27. The Morgan fingerprint density at radius 1 is 1.08 bits per heavy atom. The molecule has 2 N–H and O–H groups in total. The third kappa shape index (κ3) is 6.83. The monoisotopic (exact) mass is 495 g/mol. The molecule has 3 amide bonds. The van der Waals surface area contributed by atoms with Gasteiger partial charge in [0, 0.05) is 33.0 Å². The summed E-state index contributed by atoms with van der Waals surface area (Å²) in [7, 11) is 1.61. The first-order chi connectivity index (χ1) is 17.4. The number of benzene rings is 2. The van der Waals surface area contributed by atoms with E-state index in [1.165, 1.54) is 4.90 Å². The zero-order valence-corrected chi connectivity index (χ0v) is 20.5. The maximum Gasteiger partial charge on any atom is 0.239 e. The number of ether oxygens (including phenoxy) is 2. The Kier molecular flexibility index (Phi) is 8.56. The second kappa shape index (κ2) is 12.0. The predicted molar refractivity (Wildman–Crippen MR) is 132 cm³/mol. The summed E-state index contributed by atoms with van der Waals surface area (Å²) < 4.78 is 12.3. The maximum absolute atomic E-state index is 12.9. The van der Waals surface area contributed by atoms with Crippen LogP contribution in [0, 0.1) is 0 Å². The molecule has 4 bridgehead atoms. The van der Waals surface area contributed by atoms with Crippen LogP contribution in [-0.2, 0) is 32.1 Å². The van der Waals surface area contributed by atoms with E-state index in [2.05, 4.69) is 5.32 Å². The summed E-state index contributed by atoms with van der Waals surface area (Å²) in [6.07, 6.45) is 1.07. The highest BCUT2D eigenvalue weighted by molar-refractivity contribution is 5.85. The standard InChI is InChI=1S/C27H33N3O6/c1-29-17-25(32)28-23-16-30(27(34)11-13-31)12-10-24(23)35-18-20-5-3-7-22(15-20)36-21-6-2-4-19(14-21)8-9-26(29)33/h2-7,14-15,23-24,31H,8-13,16-18H2,1H3,(H,28,32)/t23-,24+/m0/s1. The predicted octanol–water partition coefficient (Wildman–Crippen LogP) is 1.87. The van der Waals surface area contributed by atoms with Gasteiger partial charge in [-0.15, -0.1) is 0 Å².